The molecule has 28 heavy (non-hydrogen) atoms. The fourth-order valence-electron chi connectivity index (χ4n) is 4.06. The Labute approximate surface area is 163 Å². The molecule has 4 aromatic rings. The smallest absolute Gasteiger partial charge is 0.182 e. The summed E-state index contributed by atoms with van der Waals surface area (Å²) in [5.74, 6) is 0.644. The lowest BCUT2D eigenvalue weighted by molar-refractivity contribution is 0.709. The molecule has 0 saturated carbocycles. The van der Waals surface area contributed by atoms with Gasteiger partial charge in [0.25, 0.3) is 0 Å². The van der Waals surface area contributed by atoms with Gasteiger partial charge < -0.3 is 0 Å². The van der Waals surface area contributed by atoms with Crippen LogP contribution in [0.25, 0.3) is 33.8 Å². The van der Waals surface area contributed by atoms with Gasteiger partial charge in [0.1, 0.15) is 0 Å². The summed E-state index contributed by atoms with van der Waals surface area (Å²) < 4.78 is 0. The van der Waals surface area contributed by atoms with Gasteiger partial charge in [-0.1, -0.05) is 36.8 Å². The lowest BCUT2D eigenvalue weighted by Crippen LogP contribution is -2.05. The second kappa shape index (κ2) is 7.31. The number of aryl methyl sites for hydroxylation is 1. The van der Waals surface area contributed by atoms with Crippen LogP contribution in [0.1, 0.15) is 30.5 Å². The van der Waals surface area contributed by atoms with Crippen molar-refractivity contribution in [2.24, 2.45) is 0 Å². The van der Waals surface area contributed by atoms with Crippen LogP contribution in [0.2, 0.25) is 0 Å². The number of H-pyrrole nitrogens is 1. The van der Waals surface area contributed by atoms with Gasteiger partial charge in [0.2, 0.25) is 0 Å². The van der Waals surface area contributed by atoms with E-state index in [1.807, 2.05) is 30.6 Å². The Hall–Kier alpha value is -3.41. The van der Waals surface area contributed by atoms with Crippen LogP contribution in [0.15, 0.2) is 54.9 Å². The first kappa shape index (κ1) is 16.7. The third kappa shape index (κ3) is 2.97. The molecule has 1 aliphatic rings. The van der Waals surface area contributed by atoms with E-state index in [0.29, 0.717) is 5.82 Å². The highest BCUT2D eigenvalue weighted by molar-refractivity contribution is 5.92. The Balaban J connectivity index is 1.89. The van der Waals surface area contributed by atoms with Gasteiger partial charge in [-0.2, -0.15) is 0 Å². The summed E-state index contributed by atoms with van der Waals surface area (Å²) in [4.78, 5) is 9.37. The quantitative estimate of drug-likeness (QED) is 0.547. The number of tetrazole rings is 1. The molecule has 1 N–H and O–H groups in total. The SMILES string of the molecule is c1ccc(-c2nc3c(c(-c4ccncc4)c2-c2nnn[nH]2)CCCCC3)cc1. The molecule has 0 saturated heterocycles. The maximum Gasteiger partial charge on any atom is 0.182 e. The number of benzene rings is 1. The molecule has 6 nitrogen and oxygen atoms in total. The number of nitrogens with zero attached hydrogens (tertiary/aromatic N) is 5. The number of aromatic nitrogens is 6. The first-order valence-electron chi connectivity index (χ1n) is 9.67. The molecular formula is C22H20N6. The van der Waals surface area contributed by atoms with Crippen molar-refractivity contribution in [2.75, 3.05) is 0 Å². The van der Waals surface area contributed by atoms with Crippen LogP contribution in [0.3, 0.4) is 0 Å². The number of rotatable bonds is 3. The van der Waals surface area contributed by atoms with Gasteiger partial charge >= 0.3 is 0 Å². The Morgan fingerprint density at radius 2 is 1.61 bits per heavy atom. The molecular weight excluding hydrogens is 348 g/mol. The Bertz CT molecular complexity index is 1080. The molecule has 0 spiro atoms. The Morgan fingerprint density at radius 1 is 0.786 bits per heavy atom. The number of aromatic amines is 1. The highest BCUT2D eigenvalue weighted by Crippen LogP contribution is 2.42. The van der Waals surface area contributed by atoms with Crippen LogP contribution in [-0.2, 0) is 12.8 Å². The fourth-order valence-corrected chi connectivity index (χ4v) is 4.06. The summed E-state index contributed by atoms with van der Waals surface area (Å²) in [7, 11) is 0. The van der Waals surface area contributed by atoms with E-state index in [1.54, 1.807) is 0 Å². The molecule has 5 rings (SSSR count). The van der Waals surface area contributed by atoms with Gasteiger partial charge in [-0.3, -0.25) is 9.97 Å². The van der Waals surface area contributed by atoms with E-state index in [0.717, 1.165) is 35.2 Å². The summed E-state index contributed by atoms with van der Waals surface area (Å²) in [6.45, 7) is 0. The lowest BCUT2D eigenvalue weighted by Gasteiger charge is -2.19. The maximum atomic E-state index is 5.15. The van der Waals surface area contributed by atoms with Gasteiger partial charge in [-0.25, -0.2) is 5.10 Å². The maximum absolute atomic E-state index is 5.15. The van der Waals surface area contributed by atoms with E-state index >= 15 is 0 Å². The predicted octanol–water partition coefficient (Wildman–Crippen LogP) is 4.26. The zero-order valence-corrected chi connectivity index (χ0v) is 15.5. The highest BCUT2D eigenvalue weighted by atomic mass is 15.5. The van der Waals surface area contributed by atoms with Crippen molar-refractivity contribution in [3.63, 3.8) is 0 Å². The molecule has 0 fully saturated rings. The lowest BCUT2D eigenvalue weighted by atomic mass is 9.88. The topological polar surface area (TPSA) is 80.2 Å². The van der Waals surface area contributed by atoms with E-state index < -0.39 is 0 Å². The van der Waals surface area contributed by atoms with Crippen molar-refractivity contribution in [2.45, 2.75) is 32.1 Å². The minimum Gasteiger partial charge on any atom is -0.265 e. The van der Waals surface area contributed by atoms with Gasteiger partial charge in [0, 0.05) is 29.2 Å². The first-order valence-corrected chi connectivity index (χ1v) is 9.67. The average Bonchev–Trinajstić information content (AvgIpc) is 3.19. The standard InChI is InChI=1S/C22H20N6/c1-3-7-16(8-4-1)21-20(22-25-27-28-26-22)19(15-11-13-23-14-12-15)17-9-5-2-6-10-18(17)24-21/h1,3-4,7-8,11-14H,2,5-6,9-10H2,(H,25,26,27,28). The first-order chi connectivity index (χ1) is 13.9. The van der Waals surface area contributed by atoms with Crippen LogP contribution in [-0.4, -0.2) is 30.6 Å². The molecule has 0 bridgehead atoms. The van der Waals surface area contributed by atoms with E-state index in [2.05, 4.69) is 49.9 Å². The second-order valence-corrected chi connectivity index (χ2v) is 7.05. The molecule has 0 atom stereocenters. The molecule has 0 radical (unpaired) electrons. The van der Waals surface area contributed by atoms with E-state index in [-0.39, 0.29) is 0 Å². The van der Waals surface area contributed by atoms with Gasteiger partial charge in [0.05, 0.1) is 11.3 Å². The third-order valence-electron chi connectivity index (χ3n) is 5.32. The molecule has 1 aromatic carbocycles. The largest absolute Gasteiger partial charge is 0.265 e. The van der Waals surface area contributed by atoms with Crippen LogP contribution in [0.5, 0.6) is 0 Å². The van der Waals surface area contributed by atoms with Crippen molar-refractivity contribution in [3.8, 4) is 33.8 Å². The monoisotopic (exact) mass is 368 g/mol. The molecule has 0 unspecified atom stereocenters. The average molecular weight is 368 g/mol. The number of hydrogen-bond acceptors (Lipinski definition) is 5. The van der Waals surface area contributed by atoms with E-state index in [4.69, 9.17) is 4.98 Å². The summed E-state index contributed by atoms with van der Waals surface area (Å²) in [6, 6.07) is 14.4. The highest BCUT2D eigenvalue weighted by Gasteiger charge is 2.25. The summed E-state index contributed by atoms with van der Waals surface area (Å²) >= 11 is 0. The summed E-state index contributed by atoms with van der Waals surface area (Å²) in [6.07, 6.45) is 9.27. The summed E-state index contributed by atoms with van der Waals surface area (Å²) in [5.41, 5.74) is 7.76. The number of fused-ring (bicyclic) bond motifs is 1. The molecule has 6 heteroatoms. The molecule has 1 aliphatic carbocycles. The zero-order valence-electron chi connectivity index (χ0n) is 15.5. The molecule has 0 aliphatic heterocycles. The van der Waals surface area contributed by atoms with E-state index in [1.165, 1.54) is 36.1 Å². The molecule has 3 heterocycles. The Kier molecular flexibility index (Phi) is 4.37. The van der Waals surface area contributed by atoms with Gasteiger partial charge in [0.15, 0.2) is 5.82 Å². The van der Waals surface area contributed by atoms with Crippen molar-refractivity contribution < 1.29 is 0 Å². The van der Waals surface area contributed by atoms with Gasteiger partial charge in [-0.05, 0) is 59.4 Å². The van der Waals surface area contributed by atoms with Crippen LogP contribution < -0.4 is 0 Å². The van der Waals surface area contributed by atoms with Crippen molar-refractivity contribution in [1.29, 1.82) is 0 Å². The predicted molar refractivity (Wildman–Crippen MR) is 107 cm³/mol. The van der Waals surface area contributed by atoms with Crippen LogP contribution in [0, 0.1) is 0 Å². The third-order valence-corrected chi connectivity index (χ3v) is 5.32. The molecule has 0 amide bonds. The Morgan fingerprint density at radius 3 is 2.39 bits per heavy atom. The van der Waals surface area contributed by atoms with Crippen LogP contribution >= 0.6 is 0 Å². The normalized spacial score (nSPS) is 13.7. The minimum atomic E-state index is 0.644. The van der Waals surface area contributed by atoms with Crippen molar-refractivity contribution in [1.82, 2.24) is 30.6 Å². The number of hydrogen-bond donors (Lipinski definition) is 1. The minimum absolute atomic E-state index is 0.644. The zero-order chi connectivity index (χ0) is 18.8. The van der Waals surface area contributed by atoms with Crippen LogP contribution in [0.4, 0.5) is 0 Å². The molecule has 3 aromatic heterocycles. The fraction of sp³-hybridized carbons (Fsp3) is 0.227. The number of pyridine rings is 2. The number of nitrogens with one attached hydrogen (secondary N) is 1. The van der Waals surface area contributed by atoms with Crippen molar-refractivity contribution >= 4 is 0 Å². The molecule has 138 valence electrons. The second-order valence-electron chi connectivity index (χ2n) is 7.05. The van der Waals surface area contributed by atoms with Gasteiger partial charge in [-0.15, -0.1) is 5.10 Å². The van der Waals surface area contributed by atoms with Crippen molar-refractivity contribution in [3.05, 3.63) is 66.1 Å². The van der Waals surface area contributed by atoms with E-state index in [9.17, 15) is 0 Å². The summed E-state index contributed by atoms with van der Waals surface area (Å²) in [5, 5.41) is 14.9.